The highest BCUT2D eigenvalue weighted by molar-refractivity contribution is 7.06. The number of halogens is 3. The minimum atomic E-state index is -4.60. The normalized spacial score (nSPS) is 12.9. The van der Waals surface area contributed by atoms with Gasteiger partial charge in [-0.2, -0.15) is 17.5 Å². The van der Waals surface area contributed by atoms with Crippen LogP contribution in [0.15, 0.2) is 0 Å². The molecule has 1 heterocycles. The van der Waals surface area contributed by atoms with Gasteiger partial charge in [0.15, 0.2) is 0 Å². The summed E-state index contributed by atoms with van der Waals surface area (Å²) in [6.07, 6.45) is -4.60. The molecule has 0 bridgehead atoms. The molecule has 0 aliphatic carbocycles. The number of carbonyl (C=O) groups is 1. The van der Waals surface area contributed by atoms with Gasteiger partial charge < -0.3 is 4.74 Å². The second kappa shape index (κ2) is 5.11. The molecular formula is C12H16F3NO2S. The summed E-state index contributed by atoms with van der Waals surface area (Å²) >= 11 is 0.290. The van der Waals surface area contributed by atoms with E-state index in [0.717, 1.165) is 0 Å². The number of hydrogen-bond acceptors (Lipinski definition) is 4. The molecule has 0 atom stereocenters. The molecule has 1 aromatic rings. The Morgan fingerprint density at radius 1 is 1.26 bits per heavy atom. The Balaban J connectivity index is 3.30. The second-order valence-corrected chi connectivity index (χ2v) is 6.20. The van der Waals surface area contributed by atoms with Crippen LogP contribution in [0, 0.1) is 0 Å². The van der Waals surface area contributed by atoms with Gasteiger partial charge in [0, 0.05) is 0 Å². The van der Waals surface area contributed by atoms with Crippen LogP contribution < -0.4 is 0 Å². The van der Waals surface area contributed by atoms with Gasteiger partial charge in [0.05, 0.1) is 5.69 Å². The summed E-state index contributed by atoms with van der Waals surface area (Å²) in [5, 5.41) is 0. The molecule has 7 heteroatoms. The lowest BCUT2D eigenvalue weighted by Gasteiger charge is -2.20. The molecular weight excluding hydrogens is 279 g/mol. The van der Waals surface area contributed by atoms with Crippen LogP contribution >= 0.6 is 11.5 Å². The standard InChI is InChI=1S/C12H16F3NO2S/c1-6(2)8-7(10(17)18-11(3,4)5)9(19-16-8)12(13,14)15/h6H,1-5H3. The fourth-order valence-electron chi connectivity index (χ4n) is 1.42. The summed E-state index contributed by atoms with van der Waals surface area (Å²) in [5.41, 5.74) is -1.18. The van der Waals surface area contributed by atoms with Crippen LogP contribution in [0.2, 0.25) is 0 Å². The maximum Gasteiger partial charge on any atom is 0.428 e. The quantitative estimate of drug-likeness (QED) is 0.766. The number of esters is 1. The molecule has 0 aromatic carbocycles. The predicted octanol–water partition coefficient (Wildman–Crippen LogP) is 4.24. The van der Waals surface area contributed by atoms with Crippen LogP contribution in [0.1, 0.15) is 61.5 Å². The highest BCUT2D eigenvalue weighted by Crippen LogP contribution is 2.39. The molecule has 0 saturated carbocycles. The Hall–Kier alpha value is -1.11. The zero-order valence-corrected chi connectivity index (χ0v) is 12.2. The first-order valence-electron chi connectivity index (χ1n) is 5.73. The Morgan fingerprint density at radius 2 is 1.79 bits per heavy atom. The van der Waals surface area contributed by atoms with E-state index in [1.54, 1.807) is 34.6 Å². The number of alkyl halides is 3. The van der Waals surface area contributed by atoms with E-state index >= 15 is 0 Å². The van der Waals surface area contributed by atoms with Gasteiger partial charge in [-0.05, 0) is 38.2 Å². The number of rotatable bonds is 2. The molecule has 0 amide bonds. The maximum atomic E-state index is 12.9. The van der Waals surface area contributed by atoms with Gasteiger partial charge in [-0.1, -0.05) is 13.8 Å². The van der Waals surface area contributed by atoms with Crippen molar-refractivity contribution in [3.63, 3.8) is 0 Å². The summed E-state index contributed by atoms with van der Waals surface area (Å²) < 4.78 is 47.4. The first-order valence-corrected chi connectivity index (χ1v) is 6.51. The van der Waals surface area contributed by atoms with E-state index in [9.17, 15) is 18.0 Å². The number of ether oxygens (including phenoxy) is 1. The third kappa shape index (κ3) is 3.92. The van der Waals surface area contributed by atoms with Gasteiger partial charge in [-0.25, -0.2) is 4.79 Å². The molecule has 0 fully saturated rings. The lowest BCUT2D eigenvalue weighted by atomic mass is 10.0. The van der Waals surface area contributed by atoms with Crippen LogP contribution in [0.25, 0.3) is 0 Å². The molecule has 1 rings (SSSR count). The fourth-order valence-corrected chi connectivity index (χ4v) is 2.29. The van der Waals surface area contributed by atoms with E-state index in [4.69, 9.17) is 4.74 Å². The van der Waals surface area contributed by atoms with E-state index in [-0.39, 0.29) is 23.1 Å². The van der Waals surface area contributed by atoms with Crippen molar-refractivity contribution < 1.29 is 22.7 Å². The van der Waals surface area contributed by atoms with Gasteiger partial charge in [-0.15, -0.1) is 0 Å². The lowest BCUT2D eigenvalue weighted by Crippen LogP contribution is -2.26. The first-order chi connectivity index (χ1) is 8.43. The van der Waals surface area contributed by atoms with Crippen LogP contribution in [0.4, 0.5) is 13.2 Å². The van der Waals surface area contributed by atoms with E-state index < -0.39 is 28.2 Å². The largest absolute Gasteiger partial charge is 0.456 e. The number of carbonyl (C=O) groups excluding carboxylic acids is 1. The molecule has 108 valence electrons. The summed E-state index contributed by atoms with van der Waals surface area (Å²) in [7, 11) is 0. The highest BCUT2D eigenvalue weighted by atomic mass is 32.1. The monoisotopic (exact) mass is 295 g/mol. The predicted molar refractivity (Wildman–Crippen MR) is 66.4 cm³/mol. The minimum Gasteiger partial charge on any atom is -0.456 e. The van der Waals surface area contributed by atoms with Crippen LogP contribution in [-0.4, -0.2) is 15.9 Å². The summed E-state index contributed by atoms with van der Waals surface area (Å²) in [6, 6.07) is 0. The smallest absolute Gasteiger partial charge is 0.428 e. The number of hydrogen-bond donors (Lipinski definition) is 0. The Kier molecular flexibility index (Phi) is 4.29. The summed E-state index contributed by atoms with van der Waals surface area (Å²) in [6.45, 7) is 8.18. The van der Waals surface area contributed by atoms with Crippen LogP contribution in [0.3, 0.4) is 0 Å². The molecule has 19 heavy (non-hydrogen) atoms. The number of nitrogens with zero attached hydrogens (tertiary/aromatic N) is 1. The van der Waals surface area contributed by atoms with Crippen molar-refractivity contribution in [3.8, 4) is 0 Å². The summed E-state index contributed by atoms with van der Waals surface area (Å²) in [5.74, 6) is -1.26. The van der Waals surface area contributed by atoms with Gasteiger partial charge in [0.1, 0.15) is 16.0 Å². The molecule has 0 saturated heterocycles. The molecule has 0 radical (unpaired) electrons. The van der Waals surface area contributed by atoms with E-state index in [1.165, 1.54) is 0 Å². The zero-order valence-electron chi connectivity index (χ0n) is 11.4. The van der Waals surface area contributed by atoms with Crippen molar-refractivity contribution in [1.29, 1.82) is 0 Å². The molecule has 0 unspecified atom stereocenters. The molecule has 0 aliphatic rings. The van der Waals surface area contributed by atoms with E-state index in [2.05, 4.69) is 4.37 Å². The van der Waals surface area contributed by atoms with Crippen molar-refractivity contribution in [2.75, 3.05) is 0 Å². The average molecular weight is 295 g/mol. The average Bonchev–Trinajstić information content (AvgIpc) is 2.57. The van der Waals surface area contributed by atoms with Crippen molar-refractivity contribution in [2.24, 2.45) is 0 Å². The molecule has 3 nitrogen and oxygen atoms in total. The Morgan fingerprint density at radius 3 is 2.16 bits per heavy atom. The topological polar surface area (TPSA) is 39.2 Å². The molecule has 1 aromatic heterocycles. The number of aromatic nitrogens is 1. The van der Waals surface area contributed by atoms with Gasteiger partial charge in [-0.3, -0.25) is 0 Å². The van der Waals surface area contributed by atoms with Gasteiger partial charge in [0.25, 0.3) is 0 Å². The van der Waals surface area contributed by atoms with Crippen molar-refractivity contribution in [2.45, 2.75) is 52.3 Å². The SMILES string of the molecule is CC(C)c1nsc(C(F)(F)F)c1C(=O)OC(C)(C)C. The lowest BCUT2D eigenvalue weighted by molar-refractivity contribution is -0.135. The Bertz CT molecular complexity index is 472. The molecule has 0 N–H and O–H groups in total. The maximum absolute atomic E-state index is 12.9. The molecule has 0 spiro atoms. The second-order valence-electron chi connectivity index (χ2n) is 5.43. The highest BCUT2D eigenvalue weighted by Gasteiger charge is 2.41. The third-order valence-corrected chi connectivity index (χ3v) is 3.03. The summed E-state index contributed by atoms with van der Waals surface area (Å²) in [4.78, 5) is 11.0. The van der Waals surface area contributed by atoms with E-state index in [1.807, 2.05) is 0 Å². The van der Waals surface area contributed by atoms with Crippen molar-refractivity contribution >= 4 is 17.5 Å². The van der Waals surface area contributed by atoms with Crippen LogP contribution in [0.5, 0.6) is 0 Å². The van der Waals surface area contributed by atoms with Crippen molar-refractivity contribution in [1.82, 2.24) is 4.37 Å². The van der Waals surface area contributed by atoms with Gasteiger partial charge >= 0.3 is 12.1 Å². The van der Waals surface area contributed by atoms with E-state index in [0.29, 0.717) is 0 Å². The first kappa shape index (κ1) is 15.9. The fraction of sp³-hybridized carbons (Fsp3) is 0.667. The Labute approximate surface area is 113 Å². The van der Waals surface area contributed by atoms with Crippen molar-refractivity contribution in [3.05, 3.63) is 16.1 Å². The zero-order chi connectivity index (χ0) is 15.0. The third-order valence-electron chi connectivity index (χ3n) is 2.13. The van der Waals surface area contributed by atoms with Crippen LogP contribution in [-0.2, 0) is 10.9 Å². The minimum absolute atomic E-state index is 0.131. The molecule has 0 aliphatic heterocycles. The van der Waals surface area contributed by atoms with Gasteiger partial charge in [0.2, 0.25) is 0 Å².